The molecule has 0 bridgehead atoms. The number of esters is 1. The Kier molecular flexibility index (Phi) is 4.47. The van der Waals surface area contributed by atoms with E-state index >= 15 is 0 Å². The lowest BCUT2D eigenvalue weighted by atomic mass is 9.70. The number of ether oxygens (including phenoxy) is 1. The van der Waals surface area contributed by atoms with Gasteiger partial charge >= 0.3 is 5.97 Å². The van der Waals surface area contributed by atoms with Gasteiger partial charge in [-0.3, -0.25) is 0 Å². The van der Waals surface area contributed by atoms with Crippen LogP contribution in [0.1, 0.15) is 47.3 Å². The highest BCUT2D eigenvalue weighted by atomic mass is 79.9. The third-order valence-corrected chi connectivity index (χ3v) is 6.53. The van der Waals surface area contributed by atoms with Crippen molar-refractivity contribution in [1.82, 2.24) is 9.97 Å². The summed E-state index contributed by atoms with van der Waals surface area (Å²) < 4.78 is 5.42. The zero-order chi connectivity index (χ0) is 18.3. The van der Waals surface area contributed by atoms with Gasteiger partial charge in [0, 0.05) is 13.1 Å². The Morgan fingerprint density at radius 2 is 2.04 bits per heavy atom. The number of hydrogen-bond acceptors (Lipinski definition) is 5. The lowest BCUT2D eigenvalue weighted by Gasteiger charge is -2.43. The average Bonchev–Trinajstić information content (AvgIpc) is 2.94. The normalized spacial score (nSPS) is 20.9. The molecule has 1 aliphatic heterocycles. The second-order valence-corrected chi connectivity index (χ2v) is 8.12. The van der Waals surface area contributed by atoms with E-state index in [1.54, 1.807) is 6.20 Å². The molecule has 2 aromatic rings. The van der Waals surface area contributed by atoms with E-state index in [4.69, 9.17) is 4.74 Å². The number of rotatable bonds is 2. The quantitative estimate of drug-likeness (QED) is 0.694. The van der Waals surface area contributed by atoms with Crippen molar-refractivity contribution in [3.63, 3.8) is 0 Å². The summed E-state index contributed by atoms with van der Waals surface area (Å²) in [6, 6.07) is 8.82. The van der Waals surface area contributed by atoms with E-state index in [1.807, 2.05) is 0 Å². The zero-order valence-corrected chi connectivity index (χ0v) is 16.6. The summed E-state index contributed by atoms with van der Waals surface area (Å²) in [6.07, 6.45) is 4.96. The second kappa shape index (κ2) is 6.65. The van der Waals surface area contributed by atoms with Gasteiger partial charge in [0.05, 0.1) is 13.3 Å². The van der Waals surface area contributed by atoms with Crippen molar-refractivity contribution in [3.8, 4) is 0 Å². The van der Waals surface area contributed by atoms with Crippen molar-refractivity contribution in [1.29, 1.82) is 0 Å². The van der Waals surface area contributed by atoms with Crippen molar-refractivity contribution in [3.05, 3.63) is 51.9 Å². The van der Waals surface area contributed by atoms with Crippen LogP contribution in [0, 0.1) is 5.41 Å². The Bertz CT molecular complexity index is 847. The first-order valence-corrected chi connectivity index (χ1v) is 9.77. The van der Waals surface area contributed by atoms with E-state index in [9.17, 15) is 4.79 Å². The predicted octanol–water partition coefficient (Wildman–Crippen LogP) is 3.97. The highest BCUT2D eigenvalue weighted by Gasteiger charge is 2.45. The van der Waals surface area contributed by atoms with Crippen LogP contribution < -0.4 is 4.90 Å². The van der Waals surface area contributed by atoms with Crippen molar-refractivity contribution in [2.24, 2.45) is 5.41 Å². The van der Waals surface area contributed by atoms with Crippen molar-refractivity contribution in [2.75, 3.05) is 25.1 Å². The van der Waals surface area contributed by atoms with Crippen LogP contribution in [0.3, 0.4) is 0 Å². The van der Waals surface area contributed by atoms with Gasteiger partial charge in [0.1, 0.15) is 4.60 Å². The predicted molar refractivity (Wildman–Crippen MR) is 104 cm³/mol. The minimum Gasteiger partial charge on any atom is -0.464 e. The van der Waals surface area contributed by atoms with Crippen LogP contribution in [0.2, 0.25) is 0 Å². The largest absolute Gasteiger partial charge is 0.464 e. The molecule has 1 aromatic heterocycles. The number of piperidine rings is 1. The molecule has 4 rings (SSSR count). The van der Waals surface area contributed by atoms with Crippen molar-refractivity contribution in [2.45, 2.75) is 32.1 Å². The number of benzene rings is 1. The summed E-state index contributed by atoms with van der Waals surface area (Å²) in [7, 11) is 1.37. The highest BCUT2D eigenvalue weighted by Crippen LogP contribution is 2.53. The molecule has 1 saturated heterocycles. The number of hydrogen-bond donors (Lipinski definition) is 0. The molecule has 6 heteroatoms. The van der Waals surface area contributed by atoms with Gasteiger partial charge < -0.3 is 9.64 Å². The average molecular weight is 416 g/mol. The number of fused-ring (bicyclic) bond motifs is 1. The maximum Gasteiger partial charge on any atom is 0.360 e. The first kappa shape index (κ1) is 17.5. The fraction of sp³-hybridized carbons (Fsp3) is 0.450. The number of carbonyl (C=O) groups is 1. The highest BCUT2D eigenvalue weighted by molar-refractivity contribution is 9.10. The molecule has 2 heterocycles. The minimum absolute atomic E-state index is 0.278. The van der Waals surface area contributed by atoms with E-state index in [1.165, 1.54) is 18.2 Å². The molecule has 1 fully saturated rings. The number of carbonyl (C=O) groups excluding carboxylic acids is 1. The van der Waals surface area contributed by atoms with Crippen molar-refractivity contribution >= 4 is 27.7 Å². The maximum absolute atomic E-state index is 12.1. The first-order chi connectivity index (χ1) is 12.5. The molecule has 5 nitrogen and oxygen atoms in total. The van der Waals surface area contributed by atoms with E-state index in [0.717, 1.165) is 32.4 Å². The zero-order valence-electron chi connectivity index (χ0n) is 15.0. The summed E-state index contributed by atoms with van der Waals surface area (Å²) in [5.74, 6) is 0.741. The molecule has 1 spiro atoms. The summed E-state index contributed by atoms with van der Waals surface area (Å²) in [5, 5.41) is 0. The van der Waals surface area contributed by atoms with Gasteiger partial charge in [-0.05, 0) is 57.7 Å². The van der Waals surface area contributed by atoms with Gasteiger partial charge in [-0.15, -0.1) is 0 Å². The Hall–Kier alpha value is -1.95. The standard InChI is InChI=1S/C20H22BrN3O2/c1-13-15-6-4-3-5-14(15)11-20(13)7-9-24(10-8-20)18-17(19(25)26-2)23-16(21)12-22-18/h3-6,12-13H,7-11H2,1-2H3/t13-/m1/s1. The number of halogens is 1. The van der Waals surface area contributed by atoms with Gasteiger partial charge in [-0.2, -0.15) is 0 Å². The van der Waals surface area contributed by atoms with E-state index in [2.05, 4.69) is 62.0 Å². The summed E-state index contributed by atoms with van der Waals surface area (Å²) >= 11 is 3.29. The monoisotopic (exact) mass is 415 g/mol. The number of aromatic nitrogens is 2. The summed E-state index contributed by atoms with van der Waals surface area (Å²) in [5.41, 5.74) is 3.58. The van der Waals surface area contributed by atoms with Gasteiger partial charge in [-0.25, -0.2) is 14.8 Å². The van der Waals surface area contributed by atoms with Crippen LogP contribution in [-0.4, -0.2) is 36.1 Å². The van der Waals surface area contributed by atoms with Gasteiger partial charge in [0.15, 0.2) is 11.5 Å². The Labute approximate surface area is 161 Å². The molecular weight excluding hydrogens is 394 g/mol. The third kappa shape index (κ3) is 2.80. The Balaban J connectivity index is 1.56. The Morgan fingerprint density at radius 1 is 1.31 bits per heavy atom. The molecule has 0 N–H and O–H groups in total. The van der Waals surface area contributed by atoms with Gasteiger partial charge in [0.2, 0.25) is 0 Å². The number of methoxy groups -OCH3 is 1. The SMILES string of the molecule is COC(=O)c1nc(Br)cnc1N1CCC2(CC1)Cc1ccccc1[C@H]2C. The van der Waals surface area contributed by atoms with Gasteiger partial charge in [0.25, 0.3) is 0 Å². The smallest absolute Gasteiger partial charge is 0.360 e. The topological polar surface area (TPSA) is 55.3 Å². The fourth-order valence-electron chi connectivity index (χ4n) is 4.58. The van der Waals surface area contributed by atoms with Crippen LogP contribution in [0.15, 0.2) is 35.1 Å². The van der Waals surface area contributed by atoms with E-state index in [-0.39, 0.29) is 5.69 Å². The van der Waals surface area contributed by atoms with Crippen LogP contribution in [0.4, 0.5) is 5.82 Å². The summed E-state index contributed by atoms with van der Waals surface area (Å²) in [4.78, 5) is 23.0. The first-order valence-electron chi connectivity index (χ1n) is 8.98. The third-order valence-electron chi connectivity index (χ3n) is 6.14. The second-order valence-electron chi connectivity index (χ2n) is 7.30. The minimum atomic E-state index is -0.448. The lowest BCUT2D eigenvalue weighted by Crippen LogP contribution is -2.42. The molecule has 1 aliphatic carbocycles. The van der Waals surface area contributed by atoms with E-state index in [0.29, 0.717) is 21.8 Å². The molecule has 1 aromatic carbocycles. The van der Waals surface area contributed by atoms with Crippen LogP contribution in [0.5, 0.6) is 0 Å². The summed E-state index contributed by atoms with van der Waals surface area (Å²) in [6.45, 7) is 4.11. The molecule has 0 unspecified atom stereocenters. The maximum atomic E-state index is 12.1. The molecule has 2 aliphatic rings. The Morgan fingerprint density at radius 3 is 2.73 bits per heavy atom. The molecule has 1 atom stereocenters. The molecule has 0 radical (unpaired) electrons. The van der Waals surface area contributed by atoms with Crippen LogP contribution in [0.25, 0.3) is 0 Å². The molecule has 26 heavy (non-hydrogen) atoms. The number of nitrogens with zero attached hydrogens (tertiary/aromatic N) is 3. The molecule has 0 amide bonds. The van der Waals surface area contributed by atoms with Crippen LogP contribution in [-0.2, 0) is 11.2 Å². The molecule has 0 saturated carbocycles. The van der Waals surface area contributed by atoms with Gasteiger partial charge in [-0.1, -0.05) is 31.2 Å². The van der Waals surface area contributed by atoms with Crippen molar-refractivity contribution < 1.29 is 9.53 Å². The van der Waals surface area contributed by atoms with E-state index < -0.39 is 5.97 Å². The molecular formula is C20H22BrN3O2. The molecule has 136 valence electrons. The van der Waals surface area contributed by atoms with Crippen LogP contribution >= 0.6 is 15.9 Å². The fourth-order valence-corrected chi connectivity index (χ4v) is 4.86. The lowest BCUT2D eigenvalue weighted by molar-refractivity contribution is 0.0593. The number of anilines is 1.